The van der Waals surface area contributed by atoms with Gasteiger partial charge in [0.25, 0.3) is 5.56 Å². The molecule has 19 heavy (non-hydrogen) atoms. The fraction of sp³-hybridized carbons (Fsp3) is 0.429. The van der Waals surface area contributed by atoms with Gasteiger partial charge in [-0.2, -0.15) is 0 Å². The van der Waals surface area contributed by atoms with Crippen LogP contribution in [0.25, 0.3) is 10.9 Å². The quantitative estimate of drug-likeness (QED) is 0.783. The second-order valence-corrected chi connectivity index (χ2v) is 4.66. The van der Waals surface area contributed by atoms with Crippen LogP contribution in [0.5, 0.6) is 0 Å². The maximum atomic E-state index is 12.3. The lowest BCUT2D eigenvalue weighted by Crippen LogP contribution is -2.86. The molecule has 0 fully saturated rings. The summed E-state index contributed by atoms with van der Waals surface area (Å²) in [6.07, 6.45) is 0. The number of aromatic nitrogens is 2. The number of hydrogen-bond acceptors (Lipinski definition) is 3. The molecule has 2 rings (SSSR count). The number of ether oxygens (including phenoxy) is 1. The average molecular weight is 262 g/mol. The molecule has 0 saturated heterocycles. The van der Waals surface area contributed by atoms with E-state index in [4.69, 9.17) is 4.74 Å². The van der Waals surface area contributed by atoms with Gasteiger partial charge in [-0.3, -0.25) is 9.36 Å². The van der Waals surface area contributed by atoms with Crippen LogP contribution in [-0.4, -0.2) is 29.8 Å². The van der Waals surface area contributed by atoms with E-state index in [9.17, 15) is 4.79 Å². The predicted molar refractivity (Wildman–Crippen MR) is 74.1 cm³/mol. The third-order valence-corrected chi connectivity index (χ3v) is 3.27. The van der Waals surface area contributed by atoms with Gasteiger partial charge in [-0.15, -0.1) is 0 Å². The Kier molecular flexibility index (Phi) is 4.29. The average Bonchev–Trinajstić information content (AvgIpc) is 2.43. The van der Waals surface area contributed by atoms with Crippen molar-refractivity contribution in [3.05, 3.63) is 40.4 Å². The van der Waals surface area contributed by atoms with Crippen LogP contribution in [0.4, 0.5) is 0 Å². The van der Waals surface area contributed by atoms with Gasteiger partial charge in [-0.25, -0.2) is 4.98 Å². The second-order valence-electron chi connectivity index (χ2n) is 4.66. The highest BCUT2D eigenvalue weighted by Gasteiger charge is 2.16. The first kappa shape index (κ1) is 13.7. The van der Waals surface area contributed by atoms with E-state index in [-0.39, 0.29) is 11.6 Å². The van der Waals surface area contributed by atoms with E-state index in [0.29, 0.717) is 12.0 Å². The standard InChI is InChI=1S/C14H19N3O2/c1-10(15-8-9-19-3)13-16-12-7-5-4-6-11(12)14(18)17(13)2/h4-7,10,15H,8-9H2,1-3H3/p+1/t10-/m1/s1. The Morgan fingerprint density at radius 3 is 2.89 bits per heavy atom. The summed E-state index contributed by atoms with van der Waals surface area (Å²) in [5.74, 6) is 0.791. The van der Waals surface area contributed by atoms with Gasteiger partial charge in [-0.05, 0) is 19.1 Å². The minimum absolute atomic E-state index is 0.00703. The van der Waals surface area contributed by atoms with E-state index in [1.54, 1.807) is 18.7 Å². The number of rotatable bonds is 5. The summed E-state index contributed by atoms with van der Waals surface area (Å²) >= 11 is 0. The maximum Gasteiger partial charge on any atom is 0.261 e. The van der Waals surface area contributed by atoms with E-state index < -0.39 is 0 Å². The second kappa shape index (κ2) is 5.95. The van der Waals surface area contributed by atoms with E-state index in [1.807, 2.05) is 31.2 Å². The van der Waals surface area contributed by atoms with Gasteiger partial charge < -0.3 is 10.1 Å². The highest BCUT2D eigenvalue weighted by Crippen LogP contribution is 2.10. The summed E-state index contributed by atoms with van der Waals surface area (Å²) in [4.78, 5) is 16.9. The normalized spacial score (nSPS) is 12.8. The molecule has 1 atom stereocenters. The first-order valence-electron chi connectivity index (χ1n) is 6.43. The van der Waals surface area contributed by atoms with Crippen LogP contribution in [0, 0.1) is 0 Å². The molecule has 1 aromatic carbocycles. The number of fused-ring (bicyclic) bond motifs is 1. The van der Waals surface area contributed by atoms with Crippen molar-refractivity contribution >= 4 is 10.9 Å². The Balaban J connectivity index is 2.38. The van der Waals surface area contributed by atoms with Crippen LogP contribution in [0.3, 0.4) is 0 Å². The number of hydrogen-bond donors (Lipinski definition) is 1. The molecule has 0 aliphatic rings. The van der Waals surface area contributed by atoms with Crippen molar-refractivity contribution in [1.82, 2.24) is 9.55 Å². The highest BCUT2D eigenvalue weighted by atomic mass is 16.5. The Labute approximate surface area is 112 Å². The number of methoxy groups -OCH3 is 1. The molecular formula is C14H20N3O2+. The van der Waals surface area contributed by atoms with Crippen molar-refractivity contribution in [1.29, 1.82) is 0 Å². The van der Waals surface area contributed by atoms with Gasteiger partial charge in [-0.1, -0.05) is 12.1 Å². The molecule has 102 valence electrons. The summed E-state index contributed by atoms with van der Waals surface area (Å²) < 4.78 is 6.67. The van der Waals surface area contributed by atoms with Crippen molar-refractivity contribution < 1.29 is 10.1 Å². The molecule has 1 heterocycles. The highest BCUT2D eigenvalue weighted by molar-refractivity contribution is 5.77. The Morgan fingerprint density at radius 1 is 1.42 bits per heavy atom. The largest absolute Gasteiger partial charge is 0.379 e. The summed E-state index contributed by atoms with van der Waals surface area (Å²) in [6, 6.07) is 7.57. The molecule has 0 bridgehead atoms. The van der Waals surface area contributed by atoms with Gasteiger partial charge in [0.1, 0.15) is 6.04 Å². The van der Waals surface area contributed by atoms with Crippen LogP contribution >= 0.6 is 0 Å². The third-order valence-electron chi connectivity index (χ3n) is 3.27. The van der Waals surface area contributed by atoms with Gasteiger partial charge in [0.15, 0.2) is 5.82 Å². The lowest BCUT2D eigenvalue weighted by atomic mass is 10.2. The topological polar surface area (TPSA) is 60.7 Å². The molecule has 0 spiro atoms. The molecule has 0 saturated carbocycles. The number of benzene rings is 1. The Hall–Kier alpha value is -1.72. The van der Waals surface area contributed by atoms with Crippen molar-refractivity contribution in [3.63, 3.8) is 0 Å². The zero-order valence-electron chi connectivity index (χ0n) is 11.6. The third kappa shape index (κ3) is 2.83. The molecular weight excluding hydrogens is 242 g/mol. The molecule has 5 heteroatoms. The molecule has 0 aliphatic carbocycles. The van der Waals surface area contributed by atoms with E-state index in [2.05, 4.69) is 10.3 Å². The summed E-state index contributed by atoms with van der Waals surface area (Å²) in [5.41, 5.74) is 0.764. The SMILES string of the molecule is COCC[NH2+][C@H](C)c1nc2ccccc2c(=O)n1C. The molecule has 1 aromatic heterocycles. The van der Waals surface area contributed by atoms with Crippen LogP contribution in [0.15, 0.2) is 29.1 Å². The number of nitrogens with zero attached hydrogens (tertiary/aromatic N) is 2. The summed E-state index contributed by atoms with van der Waals surface area (Å²) in [6.45, 7) is 3.58. The van der Waals surface area contributed by atoms with Crippen molar-refractivity contribution in [2.75, 3.05) is 20.3 Å². The summed E-state index contributed by atoms with van der Waals surface area (Å²) in [5, 5.41) is 2.79. The van der Waals surface area contributed by atoms with Crippen LogP contribution in [0.2, 0.25) is 0 Å². The lowest BCUT2D eigenvalue weighted by molar-refractivity contribution is -0.695. The van der Waals surface area contributed by atoms with Gasteiger partial charge >= 0.3 is 0 Å². The first-order valence-corrected chi connectivity index (χ1v) is 6.43. The van der Waals surface area contributed by atoms with Crippen LogP contribution < -0.4 is 10.9 Å². The van der Waals surface area contributed by atoms with Crippen LogP contribution in [0.1, 0.15) is 18.8 Å². The predicted octanol–water partition coefficient (Wildman–Crippen LogP) is 0.204. The van der Waals surface area contributed by atoms with Gasteiger partial charge in [0.2, 0.25) is 0 Å². The zero-order valence-corrected chi connectivity index (χ0v) is 11.6. The molecule has 0 amide bonds. The lowest BCUT2D eigenvalue weighted by Gasteiger charge is -2.14. The van der Waals surface area contributed by atoms with Gasteiger partial charge in [0.05, 0.1) is 24.1 Å². The van der Waals surface area contributed by atoms with Crippen LogP contribution in [-0.2, 0) is 11.8 Å². The maximum absolute atomic E-state index is 12.3. The number of nitrogens with two attached hydrogens (primary N) is 1. The first-order chi connectivity index (χ1) is 9.15. The van der Waals surface area contributed by atoms with E-state index in [0.717, 1.165) is 17.9 Å². The Morgan fingerprint density at radius 2 is 2.16 bits per heavy atom. The van der Waals surface area contributed by atoms with E-state index in [1.165, 1.54) is 0 Å². The minimum atomic E-state index is 0.00703. The zero-order chi connectivity index (χ0) is 13.8. The molecule has 0 unspecified atom stereocenters. The fourth-order valence-corrected chi connectivity index (χ4v) is 2.18. The van der Waals surface area contributed by atoms with Crippen molar-refractivity contribution in [3.8, 4) is 0 Å². The summed E-state index contributed by atoms with van der Waals surface area (Å²) in [7, 11) is 3.46. The van der Waals surface area contributed by atoms with Gasteiger partial charge in [0, 0.05) is 14.2 Å². The number of quaternary nitrogens is 1. The molecule has 5 nitrogen and oxygen atoms in total. The molecule has 2 aromatic rings. The van der Waals surface area contributed by atoms with Crippen molar-refractivity contribution in [2.24, 2.45) is 7.05 Å². The monoisotopic (exact) mass is 262 g/mol. The fourth-order valence-electron chi connectivity index (χ4n) is 2.18. The molecule has 2 N–H and O–H groups in total. The van der Waals surface area contributed by atoms with Crippen molar-refractivity contribution in [2.45, 2.75) is 13.0 Å². The minimum Gasteiger partial charge on any atom is -0.379 e. The molecule has 0 radical (unpaired) electrons. The number of para-hydroxylation sites is 1. The smallest absolute Gasteiger partial charge is 0.261 e. The van der Waals surface area contributed by atoms with E-state index >= 15 is 0 Å². The Bertz CT molecular complexity index is 622. The molecule has 0 aliphatic heterocycles.